The number of phenols is 1. The first-order valence-electron chi connectivity index (χ1n) is 8.19. The fraction of sp³-hybridized carbons (Fsp3) is 0.158. The van der Waals surface area contributed by atoms with Gasteiger partial charge in [0.15, 0.2) is 0 Å². The van der Waals surface area contributed by atoms with E-state index in [1.54, 1.807) is 32.0 Å². The molecule has 142 valence electrons. The van der Waals surface area contributed by atoms with Crippen molar-refractivity contribution in [2.45, 2.75) is 20.4 Å². The molecule has 8 nitrogen and oxygen atoms in total. The van der Waals surface area contributed by atoms with E-state index in [1.807, 2.05) is 6.07 Å². The number of phenolic OH excluding ortho intramolecular Hbond substituents is 1. The maximum atomic E-state index is 11.1. The molecule has 2 heterocycles. The molecule has 0 aliphatic heterocycles. The molecule has 2 aromatic heterocycles. The maximum absolute atomic E-state index is 11.1. The number of nitriles is 1. The summed E-state index contributed by atoms with van der Waals surface area (Å²) in [7, 11) is 0. The summed E-state index contributed by atoms with van der Waals surface area (Å²) in [6.45, 7) is 3.18. The summed E-state index contributed by atoms with van der Waals surface area (Å²) in [6.07, 6.45) is 0. The van der Waals surface area contributed by atoms with Gasteiger partial charge in [0, 0.05) is 22.4 Å². The second-order valence-corrected chi connectivity index (χ2v) is 6.54. The molecule has 0 bridgehead atoms. The van der Waals surface area contributed by atoms with Crippen molar-refractivity contribution in [3.8, 4) is 34.2 Å². The van der Waals surface area contributed by atoms with E-state index in [9.17, 15) is 15.2 Å². The number of halogens is 1. The molecule has 0 aliphatic rings. The fourth-order valence-electron chi connectivity index (χ4n) is 3.10. The van der Waals surface area contributed by atoms with Crippen molar-refractivity contribution in [2.24, 2.45) is 0 Å². The van der Waals surface area contributed by atoms with E-state index in [2.05, 4.69) is 10.1 Å². The first-order chi connectivity index (χ1) is 13.2. The molecule has 0 fully saturated rings. The molecule has 0 saturated carbocycles. The number of hydrogen-bond donors (Lipinski definition) is 3. The number of nitrogen functional groups attached to an aromatic ring is 1. The Hall–Kier alpha value is -3.57. The molecular formula is C19H16ClN5O3. The van der Waals surface area contributed by atoms with Crippen LogP contribution < -0.4 is 5.73 Å². The summed E-state index contributed by atoms with van der Waals surface area (Å²) in [5.41, 5.74) is 9.22. The zero-order valence-corrected chi connectivity index (χ0v) is 15.8. The molecule has 3 aromatic rings. The molecule has 3 rings (SSSR count). The van der Waals surface area contributed by atoms with Crippen molar-refractivity contribution < 1.29 is 15.0 Å². The topological polar surface area (TPSA) is 138 Å². The van der Waals surface area contributed by atoms with E-state index in [-0.39, 0.29) is 28.7 Å². The third-order valence-electron chi connectivity index (χ3n) is 4.35. The number of rotatable bonds is 4. The molecule has 0 spiro atoms. The summed E-state index contributed by atoms with van der Waals surface area (Å²) in [5.74, 6) is -1.14. The second-order valence-electron chi connectivity index (χ2n) is 6.16. The molecule has 9 heteroatoms. The van der Waals surface area contributed by atoms with Crippen LogP contribution in [0, 0.1) is 25.2 Å². The normalized spacial score (nSPS) is 10.6. The number of carboxylic acids is 1. The number of hydrogen-bond acceptors (Lipinski definition) is 6. The fourth-order valence-corrected chi connectivity index (χ4v) is 3.33. The van der Waals surface area contributed by atoms with Crippen molar-refractivity contribution in [3.05, 3.63) is 46.2 Å². The van der Waals surface area contributed by atoms with E-state index in [0.29, 0.717) is 33.8 Å². The van der Waals surface area contributed by atoms with Gasteiger partial charge in [0.05, 0.1) is 16.4 Å². The van der Waals surface area contributed by atoms with E-state index < -0.39 is 5.97 Å². The lowest BCUT2D eigenvalue weighted by atomic mass is 9.97. The number of aromatic hydroxyl groups is 1. The smallest absolute Gasteiger partial charge is 0.325 e. The van der Waals surface area contributed by atoms with Crippen molar-refractivity contribution in [1.82, 2.24) is 14.8 Å². The first kappa shape index (κ1) is 19.2. The van der Waals surface area contributed by atoms with Crippen LogP contribution in [0.3, 0.4) is 0 Å². The number of aliphatic carboxylic acids is 1. The monoisotopic (exact) mass is 397 g/mol. The molecule has 1 aromatic carbocycles. The van der Waals surface area contributed by atoms with Crippen LogP contribution in [0.1, 0.15) is 17.0 Å². The molecule has 0 aliphatic carbocycles. The molecule has 0 saturated heterocycles. The van der Waals surface area contributed by atoms with E-state index in [4.69, 9.17) is 22.4 Å². The van der Waals surface area contributed by atoms with E-state index in [0.717, 1.165) is 0 Å². The van der Waals surface area contributed by atoms with Crippen molar-refractivity contribution in [2.75, 3.05) is 5.73 Å². The lowest BCUT2D eigenvalue weighted by molar-refractivity contribution is -0.137. The number of pyridine rings is 1. The number of nitrogens with zero attached hydrogens (tertiary/aromatic N) is 4. The summed E-state index contributed by atoms with van der Waals surface area (Å²) < 4.78 is 1.37. The first-order valence-corrected chi connectivity index (χ1v) is 8.57. The van der Waals surface area contributed by atoms with Gasteiger partial charge in [0.2, 0.25) is 0 Å². The van der Waals surface area contributed by atoms with Crippen LogP contribution in [-0.4, -0.2) is 30.9 Å². The number of anilines is 1. The van der Waals surface area contributed by atoms with Crippen LogP contribution in [0.25, 0.3) is 22.4 Å². The van der Waals surface area contributed by atoms with E-state index in [1.165, 1.54) is 10.7 Å². The largest absolute Gasteiger partial charge is 0.506 e. The molecule has 0 amide bonds. The van der Waals surface area contributed by atoms with E-state index >= 15 is 0 Å². The zero-order chi connectivity index (χ0) is 20.6. The van der Waals surface area contributed by atoms with Crippen LogP contribution in [0.4, 0.5) is 5.82 Å². The van der Waals surface area contributed by atoms with Crippen molar-refractivity contribution in [3.63, 3.8) is 0 Å². The Bertz CT molecular complexity index is 1150. The average Bonchev–Trinajstić information content (AvgIpc) is 2.89. The highest BCUT2D eigenvalue weighted by Gasteiger charge is 2.21. The molecule has 4 N–H and O–H groups in total. The van der Waals surface area contributed by atoms with Gasteiger partial charge in [-0.1, -0.05) is 23.7 Å². The lowest BCUT2D eigenvalue weighted by Gasteiger charge is -2.12. The quantitative estimate of drug-likeness (QED) is 0.614. The van der Waals surface area contributed by atoms with Gasteiger partial charge in [0.25, 0.3) is 0 Å². The Morgan fingerprint density at radius 2 is 2.07 bits per heavy atom. The van der Waals surface area contributed by atoms with Crippen LogP contribution in [0.5, 0.6) is 5.75 Å². The minimum Gasteiger partial charge on any atom is -0.506 e. The van der Waals surface area contributed by atoms with Gasteiger partial charge in [-0.15, -0.1) is 0 Å². The number of nitrogens with two attached hydrogens (primary N) is 1. The number of aryl methyl sites for hydroxylation is 1. The third-order valence-corrected chi connectivity index (χ3v) is 4.75. The maximum Gasteiger partial charge on any atom is 0.325 e. The predicted molar refractivity (Wildman–Crippen MR) is 104 cm³/mol. The van der Waals surface area contributed by atoms with Gasteiger partial charge >= 0.3 is 5.97 Å². The van der Waals surface area contributed by atoms with Gasteiger partial charge in [-0.3, -0.25) is 9.48 Å². The van der Waals surface area contributed by atoms with Gasteiger partial charge in [-0.05, 0) is 26.0 Å². The minimum absolute atomic E-state index is 0.000746. The van der Waals surface area contributed by atoms with Crippen molar-refractivity contribution in [1.29, 1.82) is 5.26 Å². The lowest BCUT2D eigenvalue weighted by Crippen LogP contribution is -2.11. The number of carboxylic acid groups (broad SMARTS) is 1. The van der Waals surface area contributed by atoms with Crippen molar-refractivity contribution >= 4 is 23.4 Å². The van der Waals surface area contributed by atoms with Crippen LogP contribution >= 0.6 is 11.6 Å². The summed E-state index contributed by atoms with van der Waals surface area (Å²) in [4.78, 5) is 15.4. The number of carbonyl (C=O) groups is 1. The number of aromatic nitrogens is 3. The Morgan fingerprint density at radius 3 is 2.71 bits per heavy atom. The number of benzene rings is 1. The Labute approximate surface area is 165 Å². The highest BCUT2D eigenvalue weighted by Crippen LogP contribution is 2.39. The summed E-state index contributed by atoms with van der Waals surface area (Å²) in [6, 6.07) is 8.36. The molecule has 0 unspecified atom stereocenters. The van der Waals surface area contributed by atoms with Gasteiger partial charge in [0.1, 0.15) is 29.7 Å². The average molecular weight is 398 g/mol. The van der Waals surface area contributed by atoms with Gasteiger partial charge < -0.3 is 15.9 Å². The van der Waals surface area contributed by atoms with Gasteiger partial charge in [-0.2, -0.15) is 10.4 Å². The molecule has 0 radical (unpaired) electrons. The molecule has 0 atom stereocenters. The second kappa shape index (κ2) is 7.21. The highest BCUT2D eigenvalue weighted by atomic mass is 35.5. The minimum atomic E-state index is -1.02. The Balaban J connectivity index is 2.28. The Kier molecular flexibility index (Phi) is 4.94. The highest BCUT2D eigenvalue weighted by molar-refractivity contribution is 6.34. The zero-order valence-electron chi connectivity index (χ0n) is 15.1. The van der Waals surface area contributed by atoms with Crippen LogP contribution in [0.15, 0.2) is 24.3 Å². The third kappa shape index (κ3) is 3.23. The summed E-state index contributed by atoms with van der Waals surface area (Å²) in [5, 5.41) is 32.9. The van der Waals surface area contributed by atoms with Gasteiger partial charge in [-0.25, -0.2) is 4.98 Å². The summed E-state index contributed by atoms with van der Waals surface area (Å²) >= 11 is 6.23. The molecule has 28 heavy (non-hydrogen) atoms. The Morgan fingerprint density at radius 1 is 1.36 bits per heavy atom. The van der Waals surface area contributed by atoms with Crippen LogP contribution in [0.2, 0.25) is 5.02 Å². The van der Waals surface area contributed by atoms with Crippen LogP contribution in [-0.2, 0) is 11.3 Å². The standard InChI is InChI=1S/C19H16ClN5O3/c1-9-17(10(2)25(24-9)8-16(27)28)14-6-12(13(7-21)19(22)23-14)11-4-3-5-15(26)18(11)20/h3-6,26H,8H2,1-2H3,(H2,22,23)(H,27,28). The predicted octanol–water partition coefficient (Wildman–Crippen LogP) is 3.13. The molecular weight excluding hydrogens is 382 g/mol. The SMILES string of the molecule is Cc1nn(CC(=O)O)c(C)c1-c1cc(-c2cccc(O)c2Cl)c(C#N)c(N)n1.